The van der Waals surface area contributed by atoms with Crippen LogP contribution in [-0.2, 0) is 7.05 Å². The molecule has 0 saturated heterocycles. The van der Waals surface area contributed by atoms with Crippen LogP contribution in [-0.4, -0.2) is 23.1 Å². The predicted molar refractivity (Wildman–Crippen MR) is 75.0 cm³/mol. The third-order valence-corrected chi connectivity index (χ3v) is 2.99. The topological polar surface area (TPSA) is 63.5 Å². The average Bonchev–Trinajstić information content (AvgIpc) is 2.39. The fourth-order valence-electron chi connectivity index (χ4n) is 1.95. The summed E-state index contributed by atoms with van der Waals surface area (Å²) in [5.41, 5.74) is 0.0828. The van der Waals surface area contributed by atoms with Crippen molar-refractivity contribution in [1.82, 2.24) is 4.57 Å². The van der Waals surface area contributed by atoms with E-state index >= 15 is 0 Å². The van der Waals surface area contributed by atoms with Crippen LogP contribution < -0.4 is 15.6 Å². The number of aryl methyl sites for hydroxylation is 1. The lowest BCUT2D eigenvalue weighted by atomic mass is 10.1. The minimum Gasteiger partial charge on any atom is -0.506 e. The molecule has 0 aliphatic carbocycles. The molecule has 22 heavy (non-hydrogen) atoms. The largest absolute Gasteiger partial charge is 0.573 e. The van der Waals surface area contributed by atoms with Crippen molar-refractivity contribution in [1.29, 1.82) is 0 Å². The monoisotopic (exact) mass is 314 g/mol. The van der Waals surface area contributed by atoms with Crippen molar-refractivity contribution >= 4 is 5.69 Å². The van der Waals surface area contributed by atoms with Crippen LogP contribution in [0.1, 0.15) is 0 Å². The number of phenols is 1. The van der Waals surface area contributed by atoms with Crippen molar-refractivity contribution in [2.75, 3.05) is 12.4 Å². The van der Waals surface area contributed by atoms with Gasteiger partial charge in [0.25, 0.3) is 5.56 Å². The molecular weight excluding hydrogens is 301 g/mol. The molecule has 5 nitrogen and oxygen atoms in total. The fourth-order valence-corrected chi connectivity index (χ4v) is 1.95. The molecule has 0 unspecified atom stereocenters. The van der Waals surface area contributed by atoms with Gasteiger partial charge in [-0.3, -0.25) is 4.79 Å². The number of aromatic nitrogens is 1. The van der Waals surface area contributed by atoms with Crippen LogP contribution in [0.25, 0.3) is 11.1 Å². The lowest BCUT2D eigenvalue weighted by Gasteiger charge is -2.16. The molecule has 8 heteroatoms. The highest BCUT2D eigenvalue weighted by Gasteiger charge is 2.33. The van der Waals surface area contributed by atoms with Gasteiger partial charge in [-0.15, -0.1) is 13.2 Å². The maximum absolute atomic E-state index is 12.5. The molecule has 0 aliphatic rings. The molecule has 1 aromatic heterocycles. The minimum absolute atomic E-state index is 0.190. The first-order valence-corrected chi connectivity index (χ1v) is 6.19. The molecule has 0 bridgehead atoms. The summed E-state index contributed by atoms with van der Waals surface area (Å²) in [6.07, 6.45) is -3.42. The van der Waals surface area contributed by atoms with Gasteiger partial charge in [0.15, 0.2) is 5.75 Å². The summed E-state index contributed by atoms with van der Waals surface area (Å²) >= 11 is 0. The van der Waals surface area contributed by atoms with E-state index in [2.05, 4.69) is 10.1 Å². The molecule has 0 saturated carbocycles. The normalized spacial score (nSPS) is 11.3. The van der Waals surface area contributed by atoms with Gasteiger partial charge < -0.3 is 19.7 Å². The Balaban J connectivity index is 2.58. The van der Waals surface area contributed by atoms with Crippen molar-refractivity contribution in [3.63, 3.8) is 0 Å². The molecule has 1 aromatic carbocycles. The molecule has 2 N–H and O–H groups in total. The number of nitrogens with zero attached hydrogens (tertiary/aromatic N) is 1. The standard InChI is InChI=1S/C14H13F3N2O3/c1-18-13-10(20)5-9(6-11(13)22-14(15,16)17)8-3-4-19(2)12(21)7-8/h3-7,18,20H,1-2H3. The van der Waals surface area contributed by atoms with E-state index in [1.807, 2.05) is 0 Å². The Hall–Kier alpha value is -2.64. The van der Waals surface area contributed by atoms with Crippen molar-refractivity contribution in [2.24, 2.45) is 7.05 Å². The van der Waals surface area contributed by atoms with Crippen LogP contribution in [0.15, 0.2) is 35.3 Å². The Kier molecular flexibility index (Phi) is 4.03. The van der Waals surface area contributed by atoms with Crippen molar-refractivity contribution in [2.45, 2.75) is 6.36 Å². The molecule has 0 spiro atoms. The number of alkyl halides is 3. The number of pyridine rings is 1. The highest BCUT2D eigenvalue weighted by Crippen LogP contribution is 2.40. The molecular formula is C14H13F3N2O3. The summed E-state index contributed by atoms with van der Waals surface area (Å²) in [5, 5.41) is 12.3. The molecule has 2 rings (SSSR count). The first kappa shape index (κ1) is 15.7. The summed E-state index contributed by atoms with van der Waals surface area (Å²) in [7, 11) is 2.90. The Morgan fingerprint density at radius 1 is 1.23 bits per heavy atom. The van der Waals surface area contributed by atoms with Gasteiger partial charge in [0.1, 0.15) is 11.4 Å². The van der Waals surface area contributed by atoms with Crippen molar-refractivity contribution < 1.29 is 23.0 Å². The van der Waals surface area contributed by atoms with Gasteiger partial charge in [0.2, 0.25) is 0 Å². The van der Waals surface area contributed by atoms with Crippen LogP contribution in [0.5, 0.6) is 11.5 Å². The second-order valence-corrected chi connectivity index (χ2v) is 4.53. The number of benzene rings is 1. The molecule has 118 valence electrons. The number of hydrogen-bond acceptors (Lipinski definition) is 4. The van der Waals surface area contributed by atoms with E-state index in [-0.39, 0.29) is 16.8 Å². The number of hydrogen-bond donors (Lipinski definition) is 2. The lowest BCUT2D eigenvalue weighted by molar-refractivity contribution is -0.274. The second-order valence-electron chi connectivity index (χ2n) is 4.53. The Bertz CT molecular complexity index is 754. The van der Waals surface area contributed by atoms with Gasteiger partial charge in [-0.05, 0) is 29.3 Å². The first-order chi connectivity index (χ1) is 10.2. The van der Waals surface area contributed by atoms with Gasteiger partial charge >= 0.3 is 6.36 Å². The van der Waals surface area contributed by atoms with Crippen LogP contribution in [0, 0.1) is 0 Å². The highest BCUT2D eigenvalue weighted by molar-refractivity contribution is 5.76. The van der Waals surface area contributed by atoms with Crippen molar-refractivity contribution in [3.05, 3.63) is 40.8 Å². The Labute approximate surface area is 123 Å². The second kappa shape index (κ2) is 5.63. The van der Waals surface area contributed by atoms with Crippen LogP contribution in [0.4, 0.5) is 18.9 Å². The average molecular weight is 314 g/mol. The van der Waals surface area contributed by atoms with Gasteiger partial charge in [0, 0.05) is 26.4 Å². The summed E-state index contributed by atoms with van der Waals surface area (Å²) in [6, 6.07) is 5.16. The SMILES string of the molecule is CNc1c(O)cc(-c2ccn(C)c(=O)c2)cc1OC(F)(F)F. The molecule has 0 amide bonds. The number of nitrogens with one attached hydrogen (secondary N) is 1. The lowest BCUT2D eigenvalue weighted by Crippen LogP contribution is -2.18. The third-order valence-electron chi connectivity index (χ3n) is 2.99. The zero-order valence-electron chi connectivity index (χ0n) is 11.7. The molecule has 2 aromatic rings. The van der Waals surface area contributed by atoms with Gasteiger partial charge in [-0.25, -0.2) is 0 Å². The summed E-state index contributed by atoms with van der Waals surface area (Å²) in [4.78, 5) is 11.6. The number of ether oxygens (including phenoxy) is 1. The van der Waals surface area contributed by atoms with Crippen LogP contribution >= 0.6 is 0 Å². The number of rotatable bonds is 3. The Morgan fingerprint density at radius 3 is 2.45 bits per heavy atom. The zero-order chi connectivity index (χ0) is 16.5. The van der Waals surface area contributed by atoms with E-state index < -0.39 is 17.9 Å². The third kappa shape index (κ3) is 3.33. The number of phenolic OH excluding ortho intramolecular Hbond substituents is 1. The molecule has 0 atom stereocenters. The summed E-state index contributed by atoms with van der Waals surface area (Å²) in [6.45, 7) is 0. The van der Waals surface area contributed by atoms with E-state index in [0.717, 1.165) is 6.07 Å². The quantitative estimate of drug-likeness (QED) is 0.855. The van der Waals surface area contributed by atoms with E-state index in [1.165, 1.54) is 29.9 Å². The smallest absolute Gasteiger partial charge is 0.506 e. The van der Waals surface area contributed by atoms with Crippen LogP contribution in [0.3, 0.4) is 0 Å². The van der Waals surface area contributed by atoms with E-state index in [9.17, 15) is 23.1 Å². The summed E-state index contributed by atoms with van der Waals surface area (Å²) < 4.78 is 42.6. The zero-order valence-corrected chi connectivity index (χ0v) is 11.7. The van der Waals surface area contributed by atoms with E-state index in [1.54, 1.807) is 13.1 Å². The number of anilines is 1. The summed E-state index contributed by atoms with van der Waals surface area (Å²) in [5.74, 6) is -0.995. The van der Waals surface area contributed by atoms with Gasteiger partial charge in [-0.2, -0.15) is 0 Å². The van der Waals surface area contributed by atoms with E-state index in [0.29, 0.717) is 5.56 Å². The molecule has 0 aliphatic heterocycles. The van der Waals surface area contributed by atoms with Gasteiger partial charge in [-0.1, -0.05) is 0 Å². The maximum atomic E-state index is 12.5. The fraction of sp³-hybridized carbons (Fsp3) is 0.214. The molecule has 0 radical (unpaired) electrons. The molecule has 1 heterocycles. The Morgan fingerprint density at radius 2 is 1.91 bits per heavy atom. The van der Waals surface area contributed by atoms with E-state index in [4.69, 9.17) is 0 Å². The van der Waals surface area contributed by atoms with Gasteiger partial charge in [0.05, 0.1) is 0 Å². The van der Waals surface area contributed by atoms with Crippen LogP contribution in [0.2, 0.25) is 0 Å². The predicted octanol–water partition coefficient (Wildman–Crippen LogP) is 2.70. The minimum atomic E-state index is -4.90. The number of halogens is 3. The van der Waals surface area contributed by atoms with Crippen molar-refractivity contribution in [3.8, 4) is 22.6 Å². The maximum Gasteiger partial charge on any atom is 0.573 e. The number of aromatic hydroxyl groups is 1. The highest BCUT2D eigenvalue weighted by atomic mass is 19.4. The first-order valence-electron chi connectivity index (χ1n) is 6.19. The molecule has 0 fully saturated rings.